The summed E-state index contributed by atoms with van der Waals surface area (Å²) in [5.41, 5.74) is 5.80. The molecular formula is C10H23NO3. The molecule has 0 spiro atoms. The molecule has 4 nitrogen and oxygen atoms in total. The lowest BCUT2D eigenvalue weighted by Crippen LogP contribution is -2.40. The van der Waals surface area contributed by atoms with Crippen LogP contribution in [0.2, 0.25) is 0 Å². The molecule has 0 bridgehead atoms. The van der Waals surface area contributed by atoms with Crippen molar-refractivity contribution in [1.29, 1.82) is 0 Å². The molecule has 86 valence electrons. The third-order valence-corrected chi connectivity index (χ3v) is 2.50. The van der Waals surface area contributed by atoms with Crippen LogP contribution in [0.5, 0.6) is 0 Å². The third-order valence-electron chi connectivity index (χ3n) is 2.50. The predicted octanol–water partition coefficient (Wildman–Crippen LogP) is 0.00140. The quantitative estimate of drug-likeness (QED) is 0.427. The number of rotatable bonds is 9. The van der Waals surface area contributed by atoms with Crippen LogP contribution in [0, 0.1) is 0 Å². The molecular weight excluding hydrogens is 182 g/mol. The van der Waals surface area contributed by atoms with Crippen molar-refractivity contribution < 1.29 is 15.3 Å². The van der Waals surface area contributed by atoms with Gasteiger partial charge in [0.05, 0.1) is 0 Å². The first-order valence-electron chi connectivity index (χ1n) is 5.30. The molecule has 14 heavy (non-hydrogen) atoms. The number of nitrogens with two attached hydrogens (primary N) is 1. The van der Waals surface area contributed by atoms with Gasteiger partial charge in [0, 0.05) is 25.4 Å². The third kappa shape index (κ3) is 6.32. The zero-order valence-corrected chi connectivity index (χ0v) is 8.78. The number of aliphatic hydroxyl groups is 3. The average molecular weight is 205 g/mol. The SMILES string of the molecule is NC(CCCO)(CCCO)CCCO. The molecule has 0 aromatic carbocycles. The van der Waals surface area contributed by atoms with Crippen LogP contribution in [0.25, 0.3) is 0 Å². The van der Waals surface area contributed by atoms with E-state index in [0.717, 1.165) is 19.3 Å². The summed E-state index contributed by atoms with van der Waals surface area (Å²) < 4.78 is 0. The fourth-order valence-corrected chi connectivity index (χ4v) is 1.67. The first kappa shape index (κ1) is 13.8. The van der Waals surface area contributed by atoms with E-state index in [4.69, 9.17) is 21.1 Å². The largest absolute Gasteiger partial charge is 0.396 e. The van der Waals surface area contributed by atoms with Crippen LogP contribution < -0.4 is 5.73 Å². The van der Waals surface area contributed by atoms with Crippen LogP contribution in [-0.2, 0) is 0 Å². The molecule has 0 amide bonds. The number of aliphatic hydroxyl groups excluding tert-OH is 3. The Balaban J connectivity index is 3.89. The smallest absolute Gasteiger partial charge is 0.0431 e. The molecule has 5 N–H and O–H groups in total. The molecule has 0 aliphatic heterocycles. The van der Waals surface area contributed by atoms with Crippen molar-refractivity contribution in [3.8, 4) is 0 Å². The highest BCUT2D eigenvalue weighted by Gasteiger charge is 2.22. The minimum Gasteiger partial charge on any atom is -0.396 e. The van der Waals surface area contributed by atoms with Gasteiger partial charge in [-0.05, 0) is 38.5 Å². The summed E-state index contributed by atoms with van der Waals surface area (Å²) in [6.07, 6.45) is 4.32. The summed E-state index contributed by atoms with van der Waals surface area (Å²) in [6.45, 7) is 0.450. The molecule has 0 rings (SSSR count). The summed E-state index contributed by atoms with van der Waals surface area (Å²) in [6, 6.07) is 0. The van der Waals surface area contributed by atoms with Gasteiger partial charge in [0.1, 0.15) is 0 Å². The summed E-state index contributed by atoms with van der Waals surface area (Å²) in [4.78, 5) is 0. The molecule has 0 aliphatic rings. The fraction of sp³-hybridized carbons (Fsp3) is 1.00. The Kier molecular flexibility index (Phi) is 8.08. The van der Waals surface area contributed by atoms with Crippen molar-refractivity contribution in [2.24, 2.45) is 5.73 Å². The summed E-state index contributed by atoms with van der Waals surface area (Å²) in [7, 11) is 0. The van der Waals surface area contributed by atoms with E-state index in [1.165, 1.54) is 0 Å². The average Bonchev–Trinajstić information content (AvgIpc) is 2.21. The molecule has 0 aromatic heterocycles. The van der Waals surface area contributed by atoms with Crippen molar-refractivity contribution in [2.45, 2.75) is 44.1 Å². The molecule has 0 heterocycles. The molecule has 4 heteroatoms. The highest BCUT2D eigenvalue weighted by atomic mass is 16.3. The molecule has 0 radical (unpaired) electrons. The Morgan fingerprint density at radius 3 is 1.21 bits per heavy atom. The Hall–Kier alpha value is -0.160. The van der Waals surface area contributed by atoms with Crippen LogP contribution in [-0.4, -0.2) is 40.7 Å². The fourth-order valence-electron chi connectivity index (χ4n) is 1.67. The Labute approximate surface area is 85.7 Å². The molecule has 0 saturated carbocycles. The topological polar surface area (TPSA) is 86.7 Å². The van der Waals surface area contributed by atoms with E-state index in [2.05, 4.69) is 0 Å². The van der Waals surface area contributed by atoms with Gasteiger partial charge < -0.3 is 21.1 Å². The second kappa shape index (κ2) is 8.17. The zero-order chi connectivity index (χ0) is 10.9. The highest BCUT2D eigenvalue weighted by molar-refractivity contribution is 4.83. The lowest BCUT2D eigenvalue weighted by Gasteiger charge is -2.29. The van der Waals surface area contributed by atoms with Crippen LogP contribution in [0.4, 0.5) is 0 Å². The molecule has 0 fully saturated rings. The Morgan fingerprint density at radius 1 is 0.714 bits per heavy atom. The maximum atomic E-state index is 8.73. The molecule has 0 unspecified atom stereocenters. The van der Waals surface area contributed by atoms with Gasteiger partial charge in [0.25, 0.3) is 0 Å². The standard InChI is InChI=1S/C10H23NO3/c11-10(4-1-7-12,5-2-8-13)6-3-9-14/h12-14H,1-9,11H2. The van der Waals surface area contributed by atoms with Gasteiger partial charge in [0.15, 0.2) is 0 Å². The van der Waals surface area contributed by atoms with Crippen LogP contribution in [0.15, 0.2) is 0 Å². The molecule has 0 atom stereocenters. The van der Waals surface area contributed by atoms with E-state index < -0.39 is 0 Å². The van der Waals surface area contributed by atoms with Crippen LogP contribution >= 0.6 is 0 Å². The van der Waals surface area contributed by atoms with Gasteiger partial charge in [-0.1, -0.05) is 0 Å². The molecule has 0 saturated heterocycles. The highest BCUT2D eigenvalue weighted by Crippen LogP contribution is 2.21. The minimum atomic E-state index is -0.325. The van der Waals surface area contributed by atoms with Crippen LogP contribution in [0.3, 0.4) is 0 Å². The maximum Gasteiger partial charge on any atom is 0.0431 e. The van der Waals surface area contributed by atoms with Gasteiger partial charge >= 0.3 is 0 Å². The minimum absolute atomic E-state index is 0.150. The van der Waals surface area contributed by atoms with E-state index in [-0.39, 0.29) is 25.4 Å². The second-order valence-corrected chi connectivity index (χ2v) is 3.84. The van der Waals surface area contributed by atoms with Crippen molar-refractivity contribution in [1.82, 2.24) is 0 Å². The lowest BCUT2D eigenvalue weighted by atomic mass is 9.85. The summed E-state index contributed by atoms with van der Waals surface area (Å²) >= 11 is 0. The number of hydrogen-bond donors (Lipinski definition) is 4. The normalized spacial score (nSPS) is 12.0. The lowest BCUT2D eigenvalue weighted by molar-refractivity contribution is 0.208. The monoisotopic (exact) mass is 205 g/mol. The van der Waals surface area contributed by atoms with Crippen molar-refractivity contribution in [3.63, 3.8) is 0 Å². The maximum absolute atomic E-state index is 8.73. The van der Waals surface area contributed by atoms with E-state index in [0.29, 0.717) is 19.3 Å². The van der Waals surface area contributed by atoms with Crippen molar-refractivity contribution >= 4 is 0 Å². The molecule has 0 aromatic rings. The van der Waals surface area contributed by atoms with Gasteiger partial charge in [-0.3, -0.25) is 0 Å². The summed E-state index contributed by atoms with van der Waals surface area (Å²) in [5.74, 6) is 0. The van der Waals surface area contributed by atoms with E-state index >= 15 is 0 Å². The van der Waals surface area contributed by atoms with Crippen LogP contribution in [0.1, 0.15) is 38.5 Å². The molecule has 0 aliphatic carbocycles. The van der Waals surface area contributed by atoms with E-state index in [9.17, 15) is 0 Å². The van der Waals surface area contributed by atoms with Gasteiger partial charge in [-0.2, -0.15) is 0 Å². The van der Waals surface area contributed by atoms with Crippen molar-refractivity contribution in [2.75, 3.05) is 19.8 Å². The summed E-state index contributed by atoms with van der Waals surface area (Å²) in [5, 5.41) is 26.2. The Morgan fingerprint density at radius 2 is 1.00 bits per heavy atom. The first-order chi connectivity index (χ1) is 6.68. The number of hydrogen-bond acceptors (Lipinski definition) is 4. The first-order valence-corrected chi connectivity index (χ1v) is 5.30. The van der Waals surface area contributed by atoms with E-state index in [1.807, 2.05) is 0 Å². The zero-order valence-electron chi connectivity index (χ0n) is 8.78. The van der Waals surface area contributed by atoms with Crippen molar-refractivity contribution in [3.05, 3.63) is 0 Å². The van der Waals surface area contributed by atoms with Gasteiger partial charge in [-0.15, -0.1) is 0 Å². The van der Waals surface area contributed by atoms with Gasteiger partial charge in [0.2, 0.25) is 0 Å². The van der Waals surface area contributed by atoms with E-state index in [1.54, 1.807) is 0 Å². The predicted molar refractivity (Wildman–Crippen MR) is 55.9 cm³/mol. The Bertz CT molecular complexity index is 109. The second-order valence-electron chi connectivity index (χ2n) is 3.84. The van der Waals surface area contributed by atoms with Gasteiger partial charge in [-0.25, -0.2) is 0 Å².